The van der Waals surface area contributed by atoms with Crippen molar-refractivity contribution in [1.29, 1.82) is 0 Å². The van der Waals surface area contributed by atoms with Gasteiger partial charge in [0.1, 0.15) is 0 Å². The summed E-state index contributed by atoms with van der Waals surface area (Å²) >= 11 is 0. The summed E-state index contributed by atoms with van der Waals surface area (Å²) in [5, 5.41) is 0. The van der Waals surface area contributed by atoms with Crippen LogP contribution in [0.15, 0.2) is 0 Å². The van der Waals surface area contributed by atoms with Crippen LogP contribution >= 0.6 is 0 Å². The fourth-order valence-electron chi connectivity index (χ4n) is 0.512. The Bertz CT molecular complexity index is 71.3. The molecule has 0 fully saturated rings. The minimum atomic E-state index is 0.388. The van der Waals surface area contributed by atoms with Crippen molar-refractivity contribution in [3.63, 3.8) is 0 Å². The Morgan fingerprint density at radius 2 is 2.00 bits per heavy atom. The van der Waals surface area contributed by atoms with Gasteiger partial charge in [-0.2, -0.15) is 0 Å². The maximum absolute atomic E-state index is 4.89. The Labute approximate surface area is 57.3 Å². The smallest absolute Gasteiger partial charge is 0.0684 e. The zero-order valence-corrected chi connectivity index (χ0v) is 6.61. The Kier molecular flexibility index (Phi) is 3.82. The standard InChI is InChI=1S/C7H17NO/c1-4-7(2,3)5-6-9-8/h4-6,8H2,1-3H3. The molecular formula is C7H17NO. The highest BCUT2D eigenvalue weighted by atomic mass is 16.6. The van der Waals surface area contributed by atoms with Gasteiger partial charge in [-0.15, -0.1) is 0 Å². The van der Waals surface area contributed by atoms with E-state index in [0.717, 1.165) is 6.42 Å². The van der Waals surface area contributed by atoms with E-state index < -0.39 is 0 Å². The molecule has 0 amide bonds. The summed E-state index contributed by atoms with van der Waals surface area (Å²) in [4.78, 5) is 4.48. The normalized spacial score (nSPS) is 12.0. The van der Waals surface area contributed by atoms with Crippen molar-refractivity contribution >= 4 is 0 Å². The Hall–Kier alpha value is -0.0800. The van der Waals surface area contributed by atoms with Gasteiger partial charge in [-0.3, -0.25) is 0 Å². The number of hydrogen-bond donors (Lipinski definition) is 1. The molecule has 2 heteroatoms. The first-order valence-corrected chi connectivity index (χ1v) is 3.44. The molecule has 0 unspecified atom stereocenters. The van der Waals surface area contributed by atoms with E-state index in [4.69, 9.17) is 5.90 Å². The first-order valence-electron chi connectivity index (χ1n) is 3.44. The zero-order chi connectivity index (χ0) is 7.33. The SMILES string of the molecule is CCC(C)(C)CCON. The average Bonchev–Trinajstić information content (AvgIpc) is 1.84. The molecule has 2 nitrogen and oxygen atoms in total. The molecule has 0 rings (SSSR count). The molecule has 9 heavy (non-hydrogen) atoms. The van der Waals surface area contributed by atoms with Crippen LogP contribution in [0.1, 0.15) is 33.6 Å². The van der Waals surface area contributed by atoms with Gasteiger partial charge in [0.05, 0.1) is 6.61 Å². The summed E-state index contributed by atoms with van der Waals surface area (Å²) in [6.07, 6.45) is 2.22. The van der Waals surface area contributed by atoms with E-state index in [1.807, 2.05) is 0 Å². The molecule has 0 bridgehead atoms. The van der Waals surface area contributed by atoms with E-state index in [1.165, 1.54) is 6.42 Å². The topological polar surface area (TPSA) is 35.2 Å². The lowest BCUT2D eigenvalue weighted by molar-refractivity contribution is 0.104. The third kappa shape index (κ3) is 4.43. The van der Waals surface area contributed by atoms with E-state index in [2.05, 4.69) is 25.6 Å². The molecule has 0 aromatic carbocycles. The molecule has 2 N–H and O–H groups in total. The molecule has 0 radical (unpaired) electrons. The second kappa shape index (κ2) is 3.85. The minimum Gasteiger partial charge on any atom is -0.305 e. The fourth-order valence-corrected chi connectivity index (χ4v) is 0.512. The highest BCUT2D eigenvalue weighted by molar-refractivity contribution is 4.64. The summed E-state index contributed by atoms with van der Waals surface area (Å²) < 4.78 is 0. The lowest BCUT2D eigenvalue weighted by Gasteiger charge is -2.20. The molecule has 0 aromatic heterocycles. The van der Waals surface area contributed by atoms with Gasteiger partial charge < -0.3 is 4.84 Å². The van der Waals surface area contributed by atoms with E-state index in [9.17, 15) is 0 Å². The number of nitrogens with two attached hydrogens (primary N) is 1. The quantitative estimate of drug-likeness (QED) is 0.589. The van der Waals surface area contributed by atoms with Crippen LogP contribution in [-0.2, 0) is 4.84 Å². The number of rotatable bonds is 4. The van der Waals surface area contributed by atoms with Crippen LogP contribution in [0.5, 0.6) is 0 Å². The lowest BCUT2D eigenvalue weighted by atomic mass is 9.87. The first-order chi connectivity index (χ1) is 4.12. The van der Waals surface area contributed by atoms with Crippen molar-refractivity contribution in [1.82, 2.24) is 0 Å². The Balaban J connectivity index is 3.33. The molecule has 0 spiro atoms. The van der Waals surface area contributed by atoms with Crippen LogP contribution < -0.4 is 5.90 Å². The van der Waals surface area contributed by atoms with Gasteiger partial charge in [0, 0.05) is 0 Å². The third-order valence-electron chi connectivity index (χ3n) is 1.85. The van der Waals surface area contributed by atoms with Crippen molar-refractivity contribution in [2.45, 2.75) is 33.6 Å². The molecule has 0 saturated carbocycles. The molecule has 0 aliphatic heterocycles. The van der Waals surface area contributed by atoms with Gasteiger partial charge in [0.25, 0.3) is 0 Å². The van der Waals surface area contributed by atoms with Crippen LogP contribution in [0.3, 0.4) is 0 Å². The van der Waals surface area contributed by atoms with Crippen LogP contribution in [0.25, 0.3) is 0 Å². The first kappa shape index (κ1) is 8.92. The maximum Gasteiger partial charge on any atom is 0.0684 e. The van der Waals surface area contributed by atoms with Crippen LogP contribution in [0.4, 0.5) is 0 Å². The van der Waals surface area contributed by atoms with Gasteiger partial charge in [0.15, 0.2) is 0 Å². The summed E-state index contributed by atoms with van der Waals surface area (Å²) in [5.41, 5.74) is 0.388. The van der Waals surface area contributed by atoms with Crippen molar-refractivity contribution in [2.24, 2.45) is 11.3 Å². The maximum atomic E-state index is 4.89. The average molecular weight is 131 g/mol. The Morgan fingerprint density at radius 1 is 1.44 bits per heavy atom. The highest BCUT2D eigenvalue weighted by Crippen LogP contribution is 2.23. The van der Waals surface area contributed by atoms with Crippen molar-refractivity contribution < 1.29 is 4.84 Å². The monoisotopic (exact) mass is 131 g/mol. The van der Waals surface area contributed by atoms with Gasteiger partial charge >= 0.3 is 0 Å². The summed E-state index contributed by atoms with van der Waals surface area (Å²) in [7, 11) is 0. The Morgan fingerprint density at radius 3 is 2.33 bits per heavy atom. The molecule has 56 valence electrons. The minimum absolute atomic E-state index is 0.388. The van der Waals surface area contributed by atoms with Crippen molar-refractivity contribution in [3.8, 4) is 0 Å². The summed E-state index contributed by atoms with van der Waals surface area (Å²) in [6, 6.07) is 0. The molecular weight excluding hydrogens is 114 g/mol. The third-order valence-corrected chi connectivity index (χ3v) is 1.85. The molecule has 0 heterocycles. The van der Waals surface area contributed by atoms with Gasteiger partial charge in [-0.1, -0.05) is 27.2 Å². The molecule has 0 saturated heterocycles. The number of hydrogen-bond acceptors (Lipinski definition) is 2. The van der Waals surface area contributed by atoms with Crippen LogP contribution in [-0.4, -0.2) is 6.61 Å². The van der Waals surface area contributed by atoms with Gasteiger partial charge in [-0.05, 0) is 11.8 Å². The zero-order valence-electron chi connectivity index (χ0n) is 6.61. The predicted molar refractivity (Wildman–Crippen MR) is 38.8 cm³/mol. The molecule has 0 aliphatic carbocycles. The second-order valence-electron chi connectivity index (χ2n) is 3.14. The largest absolute Gasteiger partial charge is 0.305 e. The highest BCUT2D eigenvalue weighted by Gasteiger charge is 2.13. The van der Waals surface area contributed by atoms with Gasteiger partial charge in [-0.25, -0.2) is 5.90 Å². The molecule has 0 aromatic rings. The van der Waals surface area contributed by atoms with Crippen molar-refractivity contribution in [3.05, 3.63) is 0 Å². The second-order valence-corrected chi connectivity index (χ2v) is 3.14. The fraction of sp³-hybridized carbons (Fsp3) is 1.00. The molecule has 0 aliphatic rings. The molecule has 0 atom stereocenters. The van der Waals surface area contributed by atoms with E-state index in [0.29, 0.717) is 12.0 Å². The van der Waals surface area contributed by atoms with Crippen molar-refractivity contribution in [2.75, 3.05) is 6.61 Å². The van der Waals surface area contributed by atoms with Crippen LogP contribution in [0, 0.1) is 5.41 Å². The lowest BCUT2D eigenvalue weighted by Crippen LogP contribution is -2.14. The van der Waals surface area contributed by atoms with E-state index >= 15 is 0 Å². The summed E-state index contributed by atoms with van der Waals surface area (Å²) in [5.74, 6) is 4.89. The van der Waals surface area contributed by atoms with Crippen LogP contribution in [0.2, 0.25) is 0 Å². The summed E-state index contributed by atoms with van der Waals surface area (Å²) in [6.45, 7) is 7.27. The van der Waals surface area contributed by atoms with E-state index in [1.54, 1.807) is 0 Å². The van der Waals surface area contributed by atoms with E-state index in [-0.39, 0.29) is 0 Å². The van der Waals surface area contributed by atoms with Gasteiger partial charge in [0.2, 0.25) is 0 Å². The predicted octanol–water partition coefficient (Wildman–Crippen LogP) is 1.70.